The van der Waals surface area contributed by atoms with Crippen molar-refractivity contribution in [3.8, 4) is 5.75 Å². The first-order valence-electron chi connectivity index (χ1n) is 8.04. The predicted octanol–water partition coefficient (Wildman–Crippen LogP) is 1.74. The van der Waals surface area contributed by atoms with Crippen LogP contribution in [0.4, 0.5) is 5.69 Å². The molecule has 1 N–H and O–H groups in total. The zero-order valence-corrected chi connectivity index (χ0v) is 13.7. The minimum absolute atomic E-state index is 0.0390. The summed E-state index contributed by atoms with van der Waals surface area (Å²) in [5.74, 6) is 0.797. The molecule has 1 aliphatic rings. The SMILES string of the molecule is COc1ccc(N2CCCN(C(=O)c3ccc(=O)[nH]c3)CC2)cc1. The predicted molar refractivity (Wildman–Crippen MR) is 92.8 cm³/mol. The molecule has 0 aliphatic carbocycles. The third kappa shape index (κ3) is 3.59. The van der Waals surface area contributed by atoms with Crippen molar-refractivity contribution in [3.63, 3.8) is 0 Å². The van der Waals surface area contributed by atoms with Crippen LogP contribution in [0.1, 0.15) is 16.8 Å². The number of methoxy groups -OCH3 is 1. The number of nitrogens with one attached hydrogen (secondary N) is 1. The number of ether oxygens (including phenoxy) is 1. The summed E-state index contributed by atoms with van der Waals surface area (Å²) in [7, 11) is 1.65. The first-order chi connectivity index (χ1) is 11.7. The molecule has 6 nitrogen and oxygen atoms in total. The van der Waals surface area contributed by atoms with E-state index in [9.17, 15) is 9.59 Å². The molecule has 0 atom stereocenters. The van der Waals surface area contributed by atoms with Gasteiger partial charge in [0.05, 0.1) is 12.7 Å². The largest absolute Gasteiger partial charge is 0.497 e. The third-order valence-corrected chi connectivity index (χ3v) is 4.25. The molecule has 0 radical (unpaired) electrons. The molecule has 0 unspecified atom stereocenters. The summed E-state index contributed by atoms with van der Waals surface area (Å²) in [6.07, 6.45) is 2.39. The number of anilines is 1. The molecule has 24 heavy (non-hydrogen) atoms. The Morgan fingerprint density at radius 1 is 1.04 bits per heavy atom. The summed E-state index contributed by atoms with van der Waals surface area (Å²) in [6.45, 7) is 3.05. The molecule has 2 aromatic rings. The van der Waals surface area contributed by atoms with Gasteiger partial charge in [-0.3, -0.25) is 9.59 Å². The van der Waals surface area contributed by atoms with E-state index in [-0.39, 0.29) is 11.5 Å². The maximum absolute atomic E-state index is 12.6. The number of amides is 1. The van der Waals surface area contributed by atoms with Gasteiger partial charge in [0.2, 0.25) is 5.56 Å². The summed E-state index contributed by atoms with van der Waals surface area (Å²) in [4.78, 5) is 30.4. The van der Waals surface area contributed by atoms with Crippen LogP contribution >= 0.6 is 0 Å². The molecular formula is C18H21N3O3. The Labute approximate surface area is 140 Å². The van der Waals surface area contributed by atoms with Crippen LogP contribution in [0.3, 0.4) is 0 Å². The lowest BCUT2D eigenvalue weighted by Gasteiger charge is -2.24. The molecule has 3 rings (SSSR count). The minimum atomic E-state index is -0.201. The average molecular weight is 327 g/mol. The Hall–Kier alpha value is -2.76. The molecule has 0 spiro atoms. The average Bonchev–Trinajstić information content (AvgIpc) is 2.88. The number of benzene rings is 1. The van der Waals surface area contributed by atoms with Crippen molar-refractivity contribution in [1.82, 2.24) is 9.88 Å². The first-order valence-corrected chi connectivity index (χ1v) is 8.04. The van der Waals surface area contributed by atoms with Crippen LogP contribution in [0, 0.1) is 0 Å². The maximum Gasteiger partial charge on any atom is 0.255 e. The standard InChI is InChI=1S/C18H21N3O3/c1-24-16-6-4-15(5-7-16)20-9-2-10-21(12-11-20)18(23)14-3-8-17(22)19-13-14/h3-8,13H,2,9-12H2,1H3,(H,19,22). The van der Waals surface area contributed by atoms with Crippen LogP contribution in [-0.2, 0) is 0 Å². The molecule has 1 amide bonds. The van der Waals surface area contributed by atoms with Gasteiger partial charge in [0, 0.05) is 44.1 Å². The summed E-state index contributed by atoms with van der Waals surface area (Å²) >= 11 is 0. The van der Waals surface area contributed by atoms with Gasteiger partial charge >= 0.3 is 0 Å². The molecule has 126 valence electrons. The van der Waals surface area contributed by atoms with Crippen LogP contribution in [0.5, 0.6) is 5.75 Å². The fraction of sp³-hybridized carbons (Fsp3) is 0.333. The third-order valence-electron chi connectivity index (χ3n) is 4.25. The fourth-order valence-electron chi connectivity index (χ4n) is 2.90. The molecule has 0 bridgehead atoms. The van der Waals surface area contributed by atoms with Crippen molar-refractivity contribution < 1.29 is 9.53 Å². The highest BCUT2D eigenvalue weighted by Gasteiger charge is 2.20. The van der Waals surface area contributed by atoms with Crippen molar-refractivity contribution in [1.29, 1.82) is 0 Å². The Bertz CT molecular complexity index is 734. The highest BCUT2D eigenvalue weighted by molar-refractivity contribution is 5.93. The van der Waals surface area contributed by atoms with Crippen LogP contribution in [0.25, 0.3) is 0 Å². The molecule has 1 aromatic heterocycles. The van der Waals surface area contributed by atoms with Crippen molar-refractivity contribution in [3.05, 3.63) is 58.5 Å². The van der Waals surface area contributed by atoms with E-state index in [2.05, 4.69) is 9.88 Å². The lowest BCUT2D eigenvalue weighted by atomic mass is 10.2. The van der Waals surface area contributed by atoms with Crippen molar-refractivity contribution in [2.24, 2.45) is 0 Å². The normalized spacial score (nSPS) is 15.0. The maximum atomic E-state index is 12.6. The number of H-pyrrole nitrogens is 1. The van der Waals surface area contributed by atoms with Gasteiger partial charge in [-0.1, -0.05) is 0 Å². The highest BCUT2D eigenvalue weighted by atomic mass is 16.5. The minimum Gasteiger partial charge on any atom is -0.497 e. The second-order valence-corrected chi connectivity index (χ2v) is 5.77. The van der Waals surface area contributed by atoms with Crippen LogP contribution in [0.2, 0.25) is 0 Å². The lowest BCUT2D eigenvalue weighted by Crippen LogP contribution is -2.35. The van der Waals surface area contributed by atoms with E-state index >= 15 is 0 Å². The van der Waals surface area contributed by atoms with Gasteiger partial charge in [0.15, 0.2) is 0 Å². The van der Waals surface area contributed by atoms with E-state index in [0.29, 0.717) is 18.7 Å². The Morgan fingerprint density at radius 2 is 1.83 bits per heavy atom. The Balaban J connectivity index is 1.66. The van der Waals surface area contributed by atoms with Crippen LogP contribution < -0.4 is 15.2 Å². The Morgan fingerprint density at radius 3 is 2.50 bits per heavy atom. The quantitative estimate of drug-likeness (QED) is 0.932. The molecule has 1 aliphatic heterocycles. The zero-order chi connectivity index (χ0) is 16.9. The van der Waals surface area contributed by atoms with Crippen LogP contribution in [0.15, 0.2) is 47.4 Å². The van der Waals surface area contributed by atoms with Gasteiger partial charge in [-0.25, -0.2) is 0 Å². The van der Waals surface area contributed by atoms with Gasteiger partial charge in [-0.2, -0.15) is 0 Å². The fourth-order valence-corrected chi connectivity index (χ4v) is 2.90. The second-order valence-electron chi connectivity index (χ2n) is 5.77. The van der Waals surface area contributed by atoms with Gasteiger partial charge < -0.3 is 19.5 Å². The van der Waals surface area contributed by atoms with E-state index in [1.807, 2.05) is 29.2 Å². The van der Waals surface area contributed by atoms with Gasteiger partial charge in [0.25, 0.3) is 5.91 Å². The van der Waals surface area contributed by atoms with E-state index in [1.54, 1.807) is 13.2 Å². The summed E-state index contributed by atoms with van der Waals surface area (Å²) in [6, 6.07) is 10.9. The summed E-state index contributed by atoms with van der Waals surface area (Å²) in [5.41, 5.74) is 1.45. The van der Waals surface area contributed by atoms with E-state index in [0.717, 1.165) is 30.9 Å². The number of nitrogens with zero attached hydrogens (tertiary/aromatic N) is 2. The van der Waals surface area contributed by atoms with E-state index < -0.39 is 0 Å². The van der Waals surface area contributed by atoms with Crippen molar-refractivity contribution >= 4 is 11.6 Å². The molecule has 2 heterocycles. The van der Waals surface area contributed by atoms with Crippen LogP contribution in [-0.4, -0.2) is 49.1 Å². The number of aromatic nitrogens is 1. The molecule has 1 aromatic carbocycles. The monoisotopic (exact) mass is 327 g/mol. The van der Waals surface area contributed by atoms with Crippen molar-refractivity contribution in [2.45, 2.75) is 6.42 Å². The molecule has 1 fully saturated rings. The van der Waals surface area contributed by atoms with Gasteiger partial charge in [0.1, 0.15) is 5.75 Å². The topological polar surface area (TPSA) is 65.6 Å². The molecule has 6 heteroatoms. The van der Waals surface area contributed by atoms with E-state index in [4.69, 9.17) is 4.74 Å². The van der Waals surface area contributed by atoms with Crippen molar-refractivity contribution in [2.75, 3.05) is 38.2 Å². The van der Waals surface area contributed by atoms with Gasteiger partial charge in [-0.05, 0) is 36.8 Å². The first kappa shape index (κ1) is 16.1. The Kier molecular flexibility index (Phi) is 4.84. The number of pyridine rings is 1. The molecular weight excluding hydrogens is 306 g/mol. The highest BCUT2D eigenvalue weighted by Crippen LogP contribution is 2.21. The molecule has 0 saturated carbocycles. The van der Waals surface area contributed by atoms with E-state index in [1.165, 1.54) is 12.3 Å². The molecule has 1 saturated heterocycles. The second kappa shape index (κ2) is 7.21. The number of carbonyl (C=O) groups is 1. The number of hydrogen-bond donors (Lipinski definition) is 1. The number of hydrogen-bond acceptors (Lipinski definition) is 4. The zero-order valence-electron chi connectivity index (χ0n) is 13.7. The number of aromatic amines is 1. The lowest BCUT2D eigenvalue weighted by molar-refractivity contribution is 0.0766. The summed E-state index contributed by atoms with van der Waals surface area (Å²) in [5, 5.41) is 0. The summed E-state index contributed by atoms with van der Waals surface area (Å²) < 4.78 is 5.19. The number of rotatable bonds is 3. The smallest absolute Gasteiger partial charge is 0.255 e. The van der Waals surface area contributed by atoms with Gasteiger partial charge in [-0.15, -0.1) is 0 Å². The number of carbonyl (C=O) groups excluding carboxylic acids is 1.